The molecule has 2 bridgehead atoms. The van der Waals surface area contributed by atoms with Gasteiger partial charge in [-0.05, 0) is 49.8 Å². The molecular weight excluding hydrogens is 439 g/mol. The highest BCUT2D eigenvalue weighted by Gasteiger charge is 2.50. The van der Waals surface area contributed by atoms with Crippen molar-refractivity contribution >= 4 is 17.5 Å². The van der Waals surface area contributed by atoms with Crippen molar-refractivity contribution in [2.24, 2.45) is 0 Å². The van der Waals surface area contributed by atoms with Crippen LogP contribution in [-0.2, 0) is 6.42 Å². The predicted molar refractivity (Wildman–Crippen MR) is 122 cm³/mol. The lowest BCUT2D eigenvalue weighted by Gasteiger charge is -2.24. The zero-order valence-electron chi connectivity index (χ0n) is 19.2. The normalized spacial score (nSPS) is 23.4. The van der Waals surface area contributed by atoms with Gasteiger partial charge in [0.15, 0.2) is 11.6 Å². The largest absolute Gasteiger partial charge is 0.489 e. The van der Waals surface area contributed by atoms with Crippen LogP contribution in [0.4, 0.5) is 21.9 Å². The number of halogens is 1. The molecule has 0 spiro atoms. The molecule has 2 aliphatic heterocycles. The summed E-state index contributed by atoms with van der Waals surface area (Å²) in [5.41, 5.74) is 1.24. The Morgan fingerprint density at radius 3 is 2.85 bits per heavy atom. The van der Waals surface area contributed by atoms with Gasteiger partial charge in [-0.3, -0.25) is 0 Å². The molecule has 2 saturated heterocycles. The van der Waals surface area contributed by atoms with Gasteiger partial charge in [-0.2, -0.15) is 9.97 Å². The molecular formula is C24H27FN6O3. The summed E-state index contributed by atoms with van der Waals surface area (Å²) >= 11 is 0. The van der Waals surface area contributed by atoms with E-state index < -0.39 is 0 Å². The molecule has 1 aliphatic carbocycles. The van der Waals surface area contributed by atoms with Crippen molar-refractivity contribution in [1.29, 1.82) is 0 Å². The summed E-state index contributed by atoms with van der Waals surface area (Å²) in [4.78, 5) is 15.4. The summed E-state index contributed by atoms with van der Waals surface area (Å²) in [5, 5.41) is 7.20. The monoisotopic (exact) mass is 466 g/mol. The maximum Gasteiger partial charge on any atom is 0.324 e. The molecule has 9 nitrogen and oxygen atoms in total. The van der Waals surface area contributed by atoms with E-state index in [1.165, 1.54) is 19.5 Å². The fraction of sp³-hybridized carbons (Fsp3) is 0.500. The lowest BCUT2D eigenvalue weighted by atomic mass is 9.98. The van der Waals surface area contributed by atoms with Crippen LogP contribution < -0.4 is 19.7 Å². The van der Waals surface area contributed by atoms with Crippen molar-refractivity contribution in [3.63, 3.8) is 0 Å². The van der Waals surface area contributed by atoms with E-state index in [1.54, 1.807) is 6.07 Å². The first-order valence-electron chi connectivity index (χ1n) is 11.9. The first-order valence-corrected chi connectivity index (χ1v) is 11.9. The zero-order chi connectivity index (χ0) is 23.2. The second-order valence-electron chi connectivity index (χ2n) is 9.16. The Labute approximate surface area is 196 Å². The highest BCUT2D eigenvalue weighted by molar-refractivity contribution is 5.65. The summed E-state index contributed by atoms with van der Waals surface area (Å²) < 4.78 is 32.1. The third-order valence-electron chi connectivity index (χ3n) is 7.01. The number of rotatable bonds is 8. The summed E-state index contributed by atoms with van der Waals surface area (Å²) in [6.07, 6.45) is 7.18. The van der Waals surface area contributed by atoms with E-state index in [4.69, 9.17) is 14.0 Å². The molecule has 3 aromatic rings. The van der Waals surface area contributed by atoms with Crippen LogP contribution in [0.15, 0.2) is 29.0 Å². The van der Waals surface area contributed by atoms with Gasteiger partial charge in [0, 0.05) is 18.4 Å². The molecule has 1 N–H and O–H groups in total. The van der Waals surface area contributed by atoms with Crippen molar-refractivity contribution in [2.45, 2.75) is 69.6 Å². The number of aryl methyl sites for hydroxylation is 1. The van der Waals surface area contributed by atoms with Gasteiger partial charge in [-0.25, -0.2) is 9.37 Å². The molecule has 1 saturated carbocycles. The number of anilines is 3. The first kappa shape index (κ1) is 21.1. The lowest BCUT2D eigenvalue weighted by Crippen LogP contribution is -2.35. The summed E-state index contributed by atoms with van der Waals surface area (Å²) in [5.74, 6) is 1.92. The topological polar surface area (TPSA) is 98.4 Å². The molecule has 0 amide bonds. The Bertz CT molecular complexity index is 1200. The van der Waals surface area contributed by atoms with Crippen molar-refractivity contribution in [3.05, 3.63) is 41.7 Å². The number of nitrogens with one attached hydrogen (secondary N) is 1. The molecule has 10 heteroatoms. The molecule has 3 aliphatic rings. The van der Waals surface area contributed by atoms with Crippen LogP contribution in [0, 0.1) is 5.82 Å². The first-order chi connectivity index (χ1) is 16.6. The minimum atomic E-state index is -0.351. The van der Waals surface area contributed by atoms with E-state index >= 15 is 0 Å². The summed E-state index contributed by atoms with van der Waals surface area (Å²) in [7, 11) is 1.53. The fourth-order valence-corrected chi connectivity index (χ4v) is 5.06. The van der Waals surface area contributed by atoms with Crippen molar-refractivity contribution < 1.29 is 18.4 Å². The smallest absolute Gasteiger partial charge is 0.324 e. The molecule has 3 fully saturated rings. The summed E-state index contributed by atoms with van der Waals surface area (Å²) in [6.45, 7) is 1.99. The Hall–Kier alpha value is -3.43. The van der Waals surface area contributed by atoms with E-state index in [0.717, 1.165) is 49.9 Å². The minimum Gasteiger partial charge on any atom is -0.489 e. The third-order valence-corrected chi connectivity index (χ3v) is 7.01. The maximum absolute atomic E-state index is 14.5. The molecule has 6 rings (SSSR count). The number of nitrogens with zero attached hydrogens (tertiary/aromatic N) is 5. The number of benzene rings is 1. The molecule has 178 valence electrons. The van der Waals surface area contributed by atoms with E-state index in [9.17, 15) is 4.39 Å². The predicted octanol–water partition coefficient (Wildman–Crippen LogP) is 4.38. The van der Waals surface area contributed by atoms with Gasteiger partial charge in [-0.15, -0.1) is 0 Å². The highest BCUT2D eigenvalue weighted by atomic mass is 19.1. The second kappa shape index (κ2) is 8.41. The number of aromatic nitrogens is 4. The van der Waals surface area contributed by atoms with E-state index in [0.29, 0.717) is 41.1 Å². The van der Waals surface area contributed by atoms with Crippen molar-refractivity contribution in [1.82, 2.24) is 20.1 Å². The van der Waals surface area contributed by atoms with Gasteiger partial charge in [0.1, 0.15) is 18.2 Å². The average molecular weight is 467 g/mol. The summed E-state index contributed by atoms with van der Waals surface area (Å²) in [6, 6.07) is 6.09. The van der Waals surface area contributed by atoms with Crippen LogP contribution in [0.2, 0.25) is 0 Å². The van der Waals surface area contributed by atoms with Gasteiger partial charge in [0.05, 0.1) is 18.8 Å². The second-order valence-corrected chi connectivity index (χ2v) is 9.16. The van der Waals surface area contributed by atoms with Crippen LogP contribution in [0.5, 0.6) is 11.6 Å². The highest BCUT2D eigenvalue weighted by Crippen LogP contribution is 2.45. The standard InChI is InChI=1S/C24H27FN6O3/c1-3-13-4-8-17(16(25)10-13)28-22-20(32-2)23(27-12-26-22)33-19-11-15-7-9-18(19)31(15)24-29-21(30-34-24)14-5-6-14/h4,8,10,12,14-15,18-19H,3,5-7,9,11H2,1-2H3,(H,26,27,28)/t15?,18?,19-/m0/s1. The van der Waals surface area contributed by atoms with Gasteiger partial charge in [0.2, 0.25) is 5.75 Å². The Balaban J connectivity index is 1.21. The molecule has 1 aromatic carbocycles. The molecule has 3 atom stereocenters. The number of fused-ring (bicyclic) bond motifs is 2. The number of ether oxygens (including phenoxy) is 2. The van der Waals surface area contributed by atoms with Crippen LogP contribution >= 0.6 is 0 Å². The molecule has 4 heterocycles. The van der Waals surface area contributed by atoms with Gasteiger partial charge in [0.25, 0.3) is 5.88 Å². The van der Waals surface area contributed by atoms with Gasteiger partial charge in [-0.1, -0.05) is 18.1 Å². The molecule has 2 unspecified atom stereocenters. The van der Waals surface area contributed by atoms with Crippen LogP contribution in [0.3, 0.4) is 0 Å². The van der Waals surface area contributed by atoms with Gasteiger partial charge < -0.3 is 24.2 Å². The average Bonchev–Trinajstić information content (AvgIpc) is 3.30. The van der Waals surface area contributed by atoms with Crippen molar-refractivity contribution in [3.8, 4) is 11.6 Å². The number of hydrogen-bond acceptors (Lipinski definition) is 9. The molecule has 2 aromatic heterocycles. The molecule has 0 radical (unpaired) electrons. The number of hydrogen-bond donors (Lipinski definition) is 1. The Morgan fingerprint density at radius 1 is 1.21 bits per heavy atom. The van der Waals surface area contributed by atoms with Crippen LogP contribution in [0.1, 0.15) is 56.3 Å². The number of methoxy groups -OCH3 is 1. The van der Waals surface area contributed by atoms with Crippen molar-refractivity contribution in [2.75, 3.05) is 17.3 Å². The fourth-order valence-electron chi connectivity index (χ4n) is 5.06. The Morgan fingerprint density at radius 2 is 2.09 bits per heavy atom. The van der Waals surface area contributed by atoms with Crippen LogP contribution in [0.25, 0.3) is 0 Å². The minimum absolute atomic E-state index is 0.104. The zero-order valence-corrected chi connectivity index (χ0v) is 19.2. The van der Waals surface area contributed by atoms with E-state index in [1.807, 2.05) is 13.0 Å². The molecule has 34 heavy (non-hydrogen) atoms. The van der Waals surface area contributed by atoms with E-state index in [2.05, 4.69) is 30.3 Å². The Kier molecular flexibility index (Phi) is 5.23. The van der Waals surface area contributed by atoms with Gasteiger partial charge >= 0.3 is 6.01 Å². The van der Waals surface area contributed by atoms with Crippen LogP contribution in [-0.4, -0.2) is 45.4 Å². The quantitative estimate of drug-likeness (QED) is 0.518. The lowest BCUT2D eigenvalue weighted by molar-refractivity contribution is 0.158. The van der Waals surface area contributed by atoms with E-state index in [-0.39, 0.29) is 18.0 Å². The maximum atomic E-state index is 14.5. The SMILES string of the molecule is CCc1ccc(Nc2ncnc(O[C@H]3CC4CCC3N4c3nc(C4CC4)no3)c2OC)c(F)c1. The third kappa shape index (κ3) is 3.70.